The van der Waals surface area contributed by atoms with E-state index in [1.165, 1.54) is 31.4 Å². The van der Waals surface area contributed by atoms with Crippen molar-refractivity contribution >= 4 is 17.3 Å². The predicted octanol–water partition coefficient (Wildman–Crippen LogP) is 0.897. The Labute approximate surface area is 104 Å². The Bertz CT molecular complexity index is 415. The molecule has 0 fully saturated rings. The van der Waals surface area contributed by atoms with Gasteiger partial charge in [0.25, 0.3) is 5.69 Å². The van der Waals surface area contributed by atoms with Crippen LogP contribution in [0.5, 0.6) is 0 Å². The summed E-state index contributed by atoms with van der Waals surface area (Å²) in [5, 5.41) is 13.1. The smallest absolute Gasteiger partial charge is 0.269 e. The van der Waals surface area contributed by atoms with Gasteiger partial charge in [-0.05, 0) is 12.1 Å². The van der Waals surface area contributed by atoms with Crippen LogP contribution in [0.4, 0.5) is 11.4 Å². The van der Waals surface area contributed by atoms with Crippen LogP contribution in [0, 0.1) is 10.1 Å². The zero-order valence-corrected chi connectivity index (χ0v) is 9.96. The fraction of sp³-hybridized carbons (Fsp3) is 0.364. The van der Waals surface area contributed by atoms with Gasteiger partial charge in [0.1, 0.15) is 0 Å². The predicted molar refractivity (Wildman–Crippen MR) is 66.2 cm³/mol. The van der Waals surface area contributed by atoms with Crippen molar-refractivity contribution in [3.05, 3.63) is 34.4 Å². The number of amides is 1. The molecule has 1 unspecified atom stereocenters. The summed E-state index contributed by atoms with van der Waals surface area (Å²) in [4.78, 5) is 21.5. The Hall–Kier alpha value is -1.99. The molecule has 0 saturated carbocycles. The topological polar surface area (TPSA) is 107 Å². The van der Waals surface area contributed by atoms with E-state index in [0.29, 0.717) is 5.69 Å². The second-order valence-corrected chi connectivity index (χ2v) is 3.65. The molecule has 0 saturated heterocycles. The minimum absolute atomic E-state index is 0.0234. The van der Waals surface area contributed by atoms with E-state index in [1.54, 1.807) is 0 Å². The first kappa shape index (κ1) is 14.1. The summed E-state index contributed by atoms with van der Waals surface area (Å²) in [6.45, 7) is 0.254. The molecule has 0 bridgehead atoms. The number of nitro groups is 1. The Balaban J connectivity index is 2.56. The molecule has 1 atom stereocenters. The van der Waals surface area contributed by atoms with Crippen LogP contribution >= 0.6 is 0 Å². The van der Waals surface area contributed by atoms with E-state index >= 15 is 0 Å². The number of hydrogen-bond acceptors (Lipinski definition) is 5. The van der Waals surface area contributed by atoms with Crippen LogP contribution in [-0.2, 0) is 9.53 Å². The third kappa shape index (κ3) is 4.11. The molecule has 7 heteroatoms. The normalized spacial score (nSPS) is 11.9. The second kappa shape index (κ2) is 6.67. The molecule has 0 aromatic heterocycles. The maximum absolute atomic E-state index is 11.6. The third-order valence-electron chi connectivity index (χ3n) is 2.37. The van der Waals surface area contributed by atoms with E-state index in [1.807, 2.05) is 0 Å². The van der Waals surface area contributed by atoms with Crippen molar-refractivity contribution in [3.63, 3.8) is 0 Å². The summed E-state index contributed by atoms with van der Waals surface area (Å²) in [5.74, 6) is -0.249. The zero-order valence-electron chi connectivity index (χ0n) is 9.96. The highest BCUT2D eigenvalue weighted by molar-refractivity contribution is 5.91. The van der Waals surface area contributed by atoms with Gasteiger partial charge in [0, 0.05) is 31.5 Å². The molecule has 0 radical (unpaired) electrons. The van der Waals surface area contributed by atoms with Crippen LogP contribution in [0.3, 0.4) is 0 Å². The molecule has 7 nitrogen and oxygen atoms in total. The number of non-ortho nitro benzene ring substituents is 1. The highest BCUT2D eigenvalue weighted by Gasteiger charge is 2.12. The number of carbonyl (C=O) groups excluding carboxylic acids is 1. The van der Waals surface area contributed by atoms with Gasteiger partial charge in [-0.3, -0.25) is 14.9 Å². The monoisotopic (exact) mass is 253 g/mol. The van der Waals surface area contributed by atoms with Gasteiger partial charge in [-0.15, -0.1) is 0 Å². The van der Waals surface area contributed by atoms with Crippen molar-refractivity contribution in [2.45, 2.75) is 12.5 Å². The van der Waals surface area contributed by atoms with E-state index in [2.05, 4.69) is 5.32 Å². The van der Waals surface area contributed by atoms with Crippen molar-refractivity contribution in [2.24, 2.45) is 5.73 Å². The standard InChI is InChI=1S/C11H15N3O4/c1-18-10(7-12)6-11(15)13-8-2-4-9(5-3-8)14(16)17/h2-5,10H,6-7,12H2,1H3,(H,13,15). The van der Waals surface area contributed by atoms with Crippen LogP contribution in [0.15, 0.2) is 24.3 Å². The largest absolute Gasteiger partial charge is 0.380 e. The Kier molecular flexibility index (Phi) is 5.22. The number of nitro benzene ring substituents is 1. The highest BCUT2D eigenvalue weighted by Crippen LogP contribution is 2.15. The molecule has 18 heavy (non-hydrogen) atoms. The summed E-state index contributed by atoms with van der Waals surface area (Å²) < 4.78 is 4.98. The Morgan fingerprint density at radius 2 is 2.11 bits per heavy atom. The summed E-state index contributed by atoms with van der Waals surface area (Å²) in [6.07, 6.45) is -0.188. The Morgan fingerprint density at radius 3 is 2.56 bits per heavy atom. The minimum atomic E-state index is -0.499. The molecule has 1 amide bonds. The van der Waals surface area contributed by atoms with Gasteiger partial charge >= 0.3 is 0 Å². The quantitative estimate of drug-likeness (QED) is 0.578. The maximum Gasteiger partial charge on any atom is 0.269 e. The molecular formula is C11H15N3O4. The lowest BCUT2D eigenvalue weighted by Crippen LogP contribution is -2.28. The van der Waals surface area contributed by atoms with Gasteiger partial charge in [-0.2, -0.15) is 0 Å². The van der Waals surface area contributed by atoms with Crippen molar-refractivity contribution in [2.75, 3.05) is 19.0 Å². The van der Waals surface area contributed by atoms with Crippen molar-refractivity contribution in [3.8, 4) is 0 Å². The fourth-order valence-electron chi connectivity index (χ4n) is 1.35. The molecule has 98 valence electrons. The molecule has 1 aromatic carbocycles. The first-order chi connectivity index (χ1) is 8.56. The second-order valence-electron chi connectivity index (χ2n) is 3.65. The molecule has 0 aliphatic heterocycles. The number of nitrogens with one attached hydrogen (secondary N) is 1. The number of nitrogens with two attached hydrogens (primary N) is 1. The number of hydrogen-bond donors (Lipinski definition) is 2. The molecule has 0 aliphatic rings. The number of benzene rings is 1. The first-order valence-corrected chi connectivity index (χ1v) is 5.34. The molecule has 1 rings (SSSR count). The maximum atomic E-state index is 11.6. The van der Waals surface area contributed by atoms with E-state index in [0.717, 1.165) is 0 Å². The van der Waals surface area contributed by atoms with Gasteiger partial charge in [0.05, 0.1) is 17.4 Å². The van der Waals surface area contributed by atoms with Gasteiger partial charge < -0.3 is 15.8 Å². The van der Waals surface area contributed by atoms with Gasteiger partial charge in [-0.1, -0.05) is 0 Å². The van der Waals surface area contributed by atoms with E-state index < -0.39 is 4.92 Å². The number of anilines is 1. The van der Waals surface area contributed by atoms with Gasteiger partial charge in [0.2, 0.25) is 5.91 Å². The van der Waals surface area contributed by atoms with E-state index in [9.17, 15) is 14.9 Å². The SMILES string of the molecule is COC(CN)CC(=O)Nc1ccc([N+](=O)[O-])cc1. The van der Waals surface area contributed by atoms with Crippen LogP contribution < -0.4 is 11.1 Å². The molecule has 0 heterocycles. The molecule has 1 aromatic rings. The molecule has 3 N–H and O–H groups in total. The molecule has 0 spiro atoms. The van der Waals surface area contributed by atoms with E-state index in [-0.39, 0.29) is 30.7 Å². The third-order valence-corrected chi connectivity index (χ3v) is 2.37. The van der Waals surface area contributed by atoms with Crippen LogP contribution in [0.2, 0.25) is 0 Å². The summed E-state index contributed by atoms with van der Waals surface area (Å²) in [6, 6.07) is 5.60. The number of nitrogens with zero attached hydrogens (tertiary/aromatic N) is 1. The van der Waals surface area contributed by atoms with E-state index in [4.69, 9.17) is 10.5 Å². The molecule has 0 aliphatic carbocycles. The fourth-order valence-corrected chi connectivity index (χ4v) is 1.35. The lowest BCUT2D eigenvalue weighted by molar-refractivity contribution is -0.384. The van der Waals surface area contributed by atoms with Crippen LogP contribution in [-0.4, -0.2) is 30.6 Å². The van der Waals surface area contributed by atoms with Gasteiger partial charge in [-0.25, -0.2) is 0 Å². The average molecular weight is 253 g/mol. The Morgan fingerprint density at radius 1 is 1.50 bits per heavy atom. The zero-order chi connectivity index (χ0) is 13.5. The summed E-state index contributed by atoms with van der Waals surface area (Å²) in [5.41, 5.74) is 5.87. The van der Waals surface area contributed by atoms with Crippen molar-refractivity contribution in [1.82, 2.24) is 0 Å². The molecular weight excluding hydrogens is 238 g/mol. The van der Waals surface area contributed by atoms with Crippen molar-refractivity contribution in [1.29, 1.82) is 0 Å². The van der Waals surface area contributed by atoms with Crippen LogP contribution in [0.25, 0.3) is 0 Å². The number of ether oxygens (including phenoxy) is 1. The minimum Gasteiger partial charge on any atom is -0.380 e. The highest BCUT2D eigenvalue weighted by atomic mass is 16.6. The summed E-state index contributed by atoms with van der Waals surface area (Å²) in [7, 11) is 1.48. The lowest BCUT2D eigenvalue weighted by Gasteiger charge is -2.12. The number of methoxy groups -OCH3 is 1. The first-order valence-electron chi connectivity index (χ1n) is 5.34. The van der Waals surface area contributed by atoms with Gasteiger partial charge in [0.15, 0.2) is 0 Å². The van der Waals surface area contributed by atoms with Crippen molar-refractivity contribution < 1.29 is 14.5 Å². The average Bonchev–Trinajstić information content (AvgIpc) is 2.36. The summed E-state index contributed by atoms with van der Waals surface area (Å²) >= 11 is 0. The van der Waals surface area contributed by atoms with Crippen LogP contribution in [0.1, 0.15) is 6.42 Å². The number of rotatable bonds is 6. The number of carbonyl (C=O) groups is 1. The lowest BCUT2D eigenvalue weighted by atomic mass is 10.2.